The average Bonchev–Trinajstić information content (AvgIpc) is 3.37. The molecular formula is C32H26N2O9. The molecule has 0 spiro atoms. The summed E-state index contributed by atoms with van der Waals surface area (Å²) in [6, 6.07) is 25.6. The van der Waals surface area contributed by atoms with Gasteiger partial charge in [0.25, 0.3) is 5.91 Å². The summed E-state index contributed by atoms with van der Waals surface area (Å²) in [4.78, 5) is 63.4. The van der Waals surface area contributed by atoms with E-state index in [1.807, 2.05) is 0 Å². The Morgan fingerprint density at radius 2 is 1.19 bits per heavy atom. The van der Waals surface area contributed by atoms with E-state index in [4.69, 9.17) is 24.7 Å². The maximum atomic E-state index is 13.2. The largest absolute Gasteiger partial charge is 0.459 e. The van der Waals surface area contributed by atoms with Gasteiger partial charge < -0.3 is 29.2 Å². The van der Waals surface area contributed by atoms with E-state index >= 15 is 0 Å². The monoisotopic (exact) mass is 582 g/mol. The highest BCUT2D eigenvalue weighted by Crippen LogP contribution is 2.35. The third-order valence-electron chi connectivity index (χ3n) is 6.68. The van der Waals surface area contributed by atoms with Gasteiger partial charge in [0, 0.05) is 18.5 Å². The van der Waals surface area contributed by atoms with Gasteiger partial charge in [-0.25, -0.2) is 14.4 Å². The Morgan fingerprint density at radius 1 is 0.698 bits per heavy atom. The average molecular weight is 583 g/mol. The molecule has 0 unspecified atom stereocenters. The van der Waals surface area contributed by atoms with Crippen molar-refractivity contribution in [3.8, 4) is 0 Å². The molecule has 1 aromatic heterocycles. The first kappa shape index (κ1) is 29.0. The summed E-state index contributed by atoms with van der Waals surface area (Å²) in [5, 5.41) is 0. The van der Waals surface area contributed by atoms with Gasteiger partial charge in [-0.3, -0.25) is 9.59 Å². The molecular weight excluding hydrogens is 556 g/mol. The van der Waals surface area contributed by atoms with Crippen molar-refractivity contribution in [3.05, 3.63) is 142 Å². The number of pyridine rings is 1. The number of hydrogen-bond acceptors (Lipinski definition) is 9. The van der Waals surface area contributed by atoms with E-state index in [1.165, 1.54) is 10.8 Å². The van der Waals surface area contributed by atoms with E-state index < -0.39 is 53.8 Å². The standard InChI is InChI=1S/C32H26N2O9/c33-28(36)23-18-34(17-16-24(23)35)29-27(43-32(39)22-14-8-3-9-15-22)26(42-31(38)21-12-6-2-7-13-21)25(41-29)19-40-30(37)20-10-4-1-5-11-20/h1-18,25-27,29H,19H2,(H2,33,36)/t25-,26-,27-,29-/m0/s1. The molecule has 11 nitrogen and oxygen atoms in total. The number of amides is 1. The molecule has 1 amide bonds. The summed E-state index contributed by atoms with van der Waals surface area (Å²) in [6.45, 7) is -0.390. The molecule has 11 heteroatoms. The second kappa shape index (κ2) is 13.0. The number of esters is 3. The predicted molar refractivity (Wildman–Crippen MR) is 151 cm³/mol. The molecule has 0 bridgehead atoms. The van der Waals surface area contributed by atoms with Gasteiger partial charge in [0.2, 0.25) is 0 Å². The molecule has 3 aromatic carbocycles. The molecule has 218 valence electrons. The molecule has 0 saturated carbocycles. The van der Waals surface area contributed by atoms with Gasteiger partial charge in [0.05, 0.1) is 16.7 Å². The van der Waals surface area contributed by atoms with Crippen molar-refractivity contribution >= 4 is 23.8 Å². The zero-order chi connectivity index (χ0) is 30.3. The van der Waals surface area contributed by atoms with Crippen molar-refractivity contribution in [3.63, 3.8) is 0 Å². The normalized spacial score (nSPS) is 19.3. The number of hydrogen-bond donors (Lipinski definition) is 1. The number of carbonyl (C=O) groups is 4. The van der Waals surface area contributed by atoms with Crippen LogP contribution in [-0.2, 0) is 18.9 Å². The number of benzene rings is 3. The van der Waals surface area contributed by atoms with Crippen molar-refractivity contribution in [1.82, 2.24) is 4.57 Å². The minimum absolute atomic E-state index is 0.214. The quantitative estimate of drug-likeness (QED) is 0.232. The van der Waals surface area contributed by atoms with Crippen LogP contribution < -0.4 is 11.2 Å². The molecule has 0 aliphatic carbocycles. The van der Waals surface area contributed by atoms with E-state index in [1.54, 1.807) is 91.0 Å². The number of nitrogens with zero attached hydrogens (tertiary/aromatic N) is 1. The fraction of sp³-hybridized carbons (Fsp3) is 0.156. The van der Waals surface area contributed by atoms with Crippen molar-refractivity contribution in [2.45, 2.75) is 24.5 Å². The lowest BCUT2D eigenvalue weighted by Crippen LogP contribution is -2.41. The van der Waals surface area contributed by atoms with Crippen LogP contribution in [0, 0.1) is 0 Å². The lowest BCUT2D eigenvalue weighted by Gasteiger charge is -2.25. The maximum Gasteiger partial charge on any atom is 0.338 e. The van der Waals surface area contributed by atoms with Crippen molar-refractivity contribution in [1.29, 1.82) is 0 Å². The summed E-state index contributed by atoms with van der Waals surface area (Å²) in [6.07, 6.45) is -2.48. The Kier molecular flexibility index (Phi) is 8.73. The number of carbonyl (C=O) groups excluding carboxylic acids is 4. The van der Waals surface area contributed by atoms with Gasteiger partial charge in [-0.15, -0.1) is 0 Å². The van der Waals surface area contributed by atoms with Crippen LogP contribution in [0.5, 0.6) is 0 Å². The van der Waals surface area contributed by atoms with Gasteiger partial charge in [0.1, 0.15) is 18.3 Å². The van der Waals surface area contributed by atoms with Crippen molar-refractivity contribution in [2.75, 3.05) is 6.61 Å². The summed E-state index contributed by atoms with van der Waals surface area (Å²) in [5.41, 5.74) is 5.15. The van der Waals surface area contributed by atoms with Gasteiger partial charge in [-0.2, -0.15) is 0 Å². The number of rotatable bonds is 9. The van der Waals surface area contributed by atoms with E-state index in [2.05, 4.69) is 0 Å². The number of primary amides is 1. The number of aromatic nitrogens is 1. The zero-order valence-electron chi connectivity index (χ0n) is 22.6. The van der Waals surface area contributed by atoms with E-state index in [-0.39, 0.29) is 28.9 Å². The van der Waals surface area contributed by atoms with Crippen LogP contribution in [-0.4, -0.2) is 53.3 Å². The summed E-state index contributed by atoms with van der Waals surface area (Å²) in [5.74, 6) is -3.13. The topological polar surface area (TPSA) is 153 Å². The molecule has 1 saturated heterocycles. The van der Waals surface area contributed by atoms with Gasteiger partial charge in [-0.1, -0.05) is 54.6 Å². The minimum Gasteiger partial charge on any atom is -0.459 e. The Labute approximate surface area is 245 Å². The maximum absolute atomic E-state index is 13.2. The third kappa shape index (κ3) is 6.68. The van der Waals surface area contributed by atoms with Crippen LogP contribution in [0.4, 0.5) is 0 Å². The summed E-state index contributed by atoms with van der Waals surface area (Å²) >= 11 is 0. The second-order valence-electron chi connectivity index (χ2n) is 9.54. The molecule has 4 aromatic rings. The fourth-order valence-electron chi connectivity index (χ4n) is 4.54. The van der Waals surface area contributed by atoms with Gasteiger partial charge in [-0.05, 0) is 36.4 Å². The number of ether oxygens (including phenoxy) is 4. The Hall–Kier alpha value is -5.55. The molecule has 2 heterocycles. The second-order valence-corrected chi connectivity index (χ2v) is 9.54. The minimum atomic E-state index is -1.32. The van der Waals surface area contributed by atoms with E-state index in [9.17, 15) is 24.0 Å². The molecule has 0 radical (unpaired) electrons. The van der Waals surface area contributed by atoms with Crippen LogP contribution >= 0.6 is 0 Å². The number of nitrogens with two attached hydrogens (primary N) is 1. The fourth-order valence-corrected chi connectivity index (χ4v) is 4.54. The van der Waals surface area contributed by atoms with Gasteiger partial charge >= 0.3 is 17.9 Å². The molecule has 43 heavy (non-hydrogen) atoms. The van der Waals surface area contributed by atoms with Crippen LogP contribution in [0.3, 0.4) is 0 Å². The zero-order valence-corrected chi connectivity index (χ0v) is 22.6. The Balaban J connectivity index is 1.51. The highest BCUT2D eigenvalue weighted by atomic mass is 16.7. The van der Waals surface area contributed by atoms with Crippen LogP contribution in [0.2, 0.25) is 0 Å². The summed E-state index contributed by atoms with van der Waals surface area (Å²) < 4.78 is 24.7. The lowest BCUT2D eigenvalue weighted by atomic mass is 10.1. The first-order valence-electron chi connectivity index (χ1n) is 13.2. The molecule has 4 atom stereocenters. The third-order valence-corrected chi connectivity index (χ3v) is 6.68. The predicted octanol–water partition coefficient (Wildman–Crippen LogP) is 3.15. The smallest absolute Gasteiger partial charge is 0.338 e. The Morgan fingerprint density at radius 3 is 1.70 bits per heavy atom. The molecule has 1 aliphatic rings. The van der Waals surface area contributed by atoms with E-state index in [0.717, 1.165) is 12.3 Å². The first-order chi connectivity index (χ1) is 20.8. The van der Waals surface area contributed by atoms with Crippen LogP contribution in [0.15, 0.2) is 114 Å². The van der Waals surface area contributed by atoms with Crippen molar-refractivity contribution < 1.29 is 38.1 Å². The van der Waals surface area contributed by atoms with Crippen molar-refractivity contribution in [2.24, 2.45) is 5.73 Å². The highest BCUT2D eigenvalue weighted by Gasteiger charge is 2.51. The molecule has 2 N–H and O–H groups in total. The van der Waals surface area contributed by atoms with Crippen LogP contribution in [0.25, 0.3) is 0 Å². The first-order valence-corrected chi connectivity index (χ1v) is 13.2. The van der Waals surface area contributed by atoms with E-state index in [0.29, 0.717) is 0 Å². The molecule has 5 rings (SSSR count). The van der Waals surface area contributed by atoms with Crippen LogP contribution in [0.1, 0.15) is 47.7 Å². The highest BCUT2D eigenvalue weighted by molar-refractivity contribution is 5.92. The molecule has 1 fully saturated rings. The summed E-state index contributed by atoms with van der Waals surface area (Å²) in [7, 11) is 0. The lowest BCUT2D eigenvalue weighted by molar-refractivity contribution is -0.0623. The SMILES string of the molecule is NC(=O)c1cn([C@H]2O[C@@H](COC(=O)c3ccccc3)[C@H](OC(=O)c3ccccc3)[C@@H]2OC(=O)c2ccccc2)ccc1=O. The molecule has 1 aliphatic heterocycles. The van der Waals surface area contributed by atoms with Gasteiger partial charge in [0.15, 0.2) is 23.9 Å². The Bertz CT molecular complexity index is 1670.